The van der Waals surface area contributed by atoms with Crippen LogP contribution in [0.2, 0.25) is 0 Å². The van der Waals surface area contributed by atoms with Crippen LogP contribution in [0.4, 0.5) is 13.2 Å². The molecule has 110 valence electrons. The Balaban J connectivity index is 1.81. The highest BCUT2D eigenvalue weighted by molar-refractivity contribution is 5.78. The summed E-state index contributed by atoms with van der Waals surface area (Å²) in [4.78, 5) is 11.7. The molecule has 0 spiro atoms. The predicted molar refractivity (Wildman–Crippen MR) is 69.1 cm³/mol. The van der Waals surface area contributed by atoms with Crippen molar-refractivity contribution < 1.29 is 18.0 Å². The van der Waals surface area contributed by atoms with Gasteiger partial charge in [0, 0.05) is 6.54 Å². The fourth-order valence-corrected chi connectivity index (χ4v) is 2.21. The SMILES string of the molecule is O=C(Cc1ccc(C(F)(F)F)cc1)NCC1CCNC1. The van der Waals surface area contributed by atoms with Gasteiger partial charge in [0.15, 0.2) is 0 Å². The first-order valence-electron chi connectivity index (χ1n) is 6.58. The van der Waals surface area contributed by atoms with E-state index in [9.17, 15) is 18.0 Å². The van der Waals surface area contributed by atoms with E-state index in [0.717, 1.165) is 31.6 Å². The van der Waals surface area contributed by atoms with Gasteiger partial charge in [-0.1, -0.05) is 12.1 Å². The summed E-state index contributed by atoms with van der Waals surface area (Å²) in [6, 6.07) is 4.70. The van der Waals surface area contributed by atoms with Crippen molar-refractivity contribution in [3.8, 4) is 0 Å². The van der Waals surface area contributed by atoms with E-state index < -0.39 is 11.7 Å². The van der Waals surface area contributed by atoms with Gasteiger partial charge in [-0.25, -0.2) is 0 Å². The van der Waals surface area contributed by atoms with Crippen molar-refractivity contribution in [2.75, 3.05) is 19.6 Å². The third-order valence-corrected chi connectivity index (χ3v) is 3.40. The monoisotopic (exact) mass is 286 g/mol. The van der Waals surface area contributed by atoms with Crippen LogP contribution in [-0.2, 0) is 17.4 Å². The van der Waals surface area contributed by atoms with E-state index in [2.05, 4.69) is 10.6 Å². The van der Waals surface area contributed by atoms with E-state index in [4.69, 9.17) is 0 Å². The Bertz CT molecular complexity index is 450. The van der Waals surface area contributed by atoms with Crippen LogP contribution in [0.1, 0.15) is 17.5 Å². The molecule has 0 saturated carbocycles. The molecule has 20 heavy (non-hydrogen) atoms. The average molecular weight is 286 g/mol. The number of carbonyl (C=O) groups excluding carboxylic acids is 1. The molecular formula is C14H17F3N2O. The van der Waals surface area contributed by atoms with Gasteiger partial charge in [-0.15, -0.1) is 0 Å². The first-order chi connectivity index (χ1) is 9.45. The second-order valence-corrected chi connectivity index (χ2v) is 5.03. The molecule has 1 unspecified atom stereocenters. The lowest BCUT2D eigenvalue weighted by molar-refractivity contribution is -0.137. The van der Waals surface area contributed by atoms with Crippen molar-refractivity contribution in [1.29, 1.82) is 0 Å². The van der Waals surface area contributed by atoms with Gasteiger partial charge in [-0.3, -0.25) is 4.79 Å². The van der Waals surface area contributed by atoms with E-state index in [1.54, 1.807) is 0 Å². The molecule has 6 heteroatoms. The Morgan fingerprint density at radius 2 is 2.00 bits per heavy atom. The van der Waals surface area contributed by atoms with Crippen molar-refractivity contribution >= 4 is 5.91 Å². The largest absolute Gasteiger partial charge is 0.416 e. The summed E-state index contributed by atoms with van der Waals surface area (Å²) in [6.07, 6.45) is -3.19. The van der Waals surface area contributed by atoms with Crippen LogP contribution in [0.25, 0.3) is 0 Å². The van der Waals surface area contributed by atoms with E-state index in [0.29, 0.717) is 18.0 Å². The van der Waals surface area contributed by atoms with Crippen LogP contribution in [0.5, 0.6) is 0 Å². The summed E-state index contributed by atoms with van der Waals surface area (Å²) in [5.41, 5.74) is -0.112. The summed E-state index contributed by atoms with van der Waals surface area (Å²) < 4.78 is 37.2. The molecule has 1 fully saturated rings. The molecule has 1 aliphatic rings. The zero-order chi connectivity index (χ0) is 14.6. The smallest absolute Gasteiger partial charge is 0.355 e. The maximum absolute atomic E-state index is 12.4. The van der Waals surface area contributed by atoms with Gasteiger partial charge >= 0.3 is 6.18 Å². The van der Waals surface area contributed by atoms with Crippen LogP contribution < -0.4 is 10.6 Å². The third-order valence-electron chi connectivity index (χ3n) is 3.40. The summed E-state index contributed by atoms with van der Waals surface area (Å²) >= 11 is 0. The molecule has 2 rings (SSSR count). The number of rotatable bonds is 4. The Labute approximate surface area is 115 Å². The molecule has 1 amide bonds. The number of carbonyl (C=O) groups is 1. The van der Waals surface area contributed by atoms with Crippen LogP contribution in [0.15, 0.2) is 24.3 Å². The highest BCUT2D eigenvalue weighted by Gasteiger charge is 2.29. The summed E-state index contributed by atoms with van der Waals surface area (Å²) in [5, 5.41) is 6.03. The molecule has 1 aromatic carbocycles. The van der Waals surface area contributed by atoms with E-state index in [1.807, 2.05) is 0 Å². The standard InChI is InChI=1S/C14H17F3N2O/c15-14(16,17)12-3-1-10(2-4-12)7-13(20)19-9-11-5-6-18-8-11/h1-4,11,18H,5-9H2,(H,19,20). The minimum atomic E-state index is -4.34. The van der Waals surface area contributed by atoms with E-state index in [1.165, 1.54) is 12.1 Å². The Morgan fingerprint density at radius 1 is 1.30 bits per heavy atom. The van der Waals surface area contributed by atoms with Gasteiger partial charge in [0.1, 0.15) is 0 Å². The number of benzene rings is 1. The molecule has 1 heterocycles. The molecule has 1 saturated heterocycles. The fourth-order valence-electron chi connectivity index (χ4n) is 2.21. The summed E-state index contributed by atoms with van der Waals surface area (Å²) in [7, 11) is 0. The van der Waals surface area contributed by atoms with Crippen molar-refractivity contribution in [1.82, 2.24) is 10.6 Å². The van der Waals surface area contributed by atoms with Gasteiger partial charge in [-0.05, 0) is 43.1 Å². The Hall–Kier alpha value is -1.56. The van der Waals surface area contributed by atoms with E-state index >= 15 is 0 Å². The molecule has 0 bridgehead atoms. The van der Waals surface area contributed by atoms with Crippen molar-refractivity contribution in [2.45, 2.75) is 19.0 Å². The molecule has 0 aliphatic carbocycles. The first kappa shape index (κ1) is 14.8. The molecular weight excluding hydrogens is 269 g/mol. The molecule has 1 aliphatic heterocycles. The van der Waals surface area contributed by atoms with Gasteiger partial charge in [0.05, 0.1) is 12.0 Å². The highest BCUT2D eigenvalue weighted by atomic mass is 19.4. The summed E-state index contributed by atoms with van der Waals surface area (Å²) in [6.45, 7) is 2.49. The average Bonchev–Trinajstić information content (AvgIpc) is 2.89. The molecule has 1 atom stereocenters. The number of nitrogens with one attached hydrogen (secondary N) is 2. The predicted octanol–water partition coefficient (Wildman–Crippen LogP) is 1.97. The Morgan fingerprint density at radius 3 is 2.55 bits per heavy atom. The number of amides is 1. The second-order valence-electron chi connectivity index (χ2n) is 5.03. The van der Waals surface area contributed by atoms with Crippen LogP contribution >= 0.6 is 0 Å². The first-order valence-corrected chi connectivity index (χ1v) is 6.58. The zero-order valence-corrected chi connectivity index (χ0v) is 11.0. The number of alkyl halides is 3. The molecule has 1 aromatic rings. The molecule has 0 aromatic heterocycles. The lowest BCUT2D eigenvalue weighted by atomic mass is 10.1. The Kier molecular flexibility index (Phi) is 4.65. The van der Waals surface area contributed by atoms with Gasteiger partial charge in [0.2, 0.25) is 5.91 Å². The molecule has 3 nitrogen and oxygen atoms in total. The summed E-state index contributed by atoms with van der Waals surface area (Å²) in [5.74, 6) is 0.295. The zero-order valence-electron chi connectivity index (χ0n) is 11.0. The maximum atomic E-state index is 12.4. The lowest BCUT2D eigenvalue weighted by Gasteiger charge is -2.10. The van der Waals surface area contributed by atoms with Crippen LogP contribution in [-0.4, -0.2) is 25.5 Å². The normalized spacial score (nSPS) is 19.1. The fraction of sp³-hybridized carbons (Fsp3) is 0.500. The van der Waals surface area contributed by atoms with Gasteiger partial charge in [-0.2, -0.15) is 13.2 Å². The molecule has 2 N–H and O–H groups in total. The minimum absolute atomic E-state index is 0.109. The van der Waals surface area contributed by atoms with Crippen LogP contribution in [0, 0.1) is 5.92 Å². The second kappa shape index (κ2) is 6.26. The van der Waals surface area contributed by atoms with Crippen molar-refractivity contribution in [3.63, 3.8) is 0 Å². The minimum Gasteiger partial charge on any atom is -0.355 e. The van der Waals surface area contributed by atoms with Gasteiger partial charge in [0.25, 0.3) is 0 Å². The third kappa shape index (κ3) is 4.23. The molecule has 0 radical (unpaired) electrons. The topological polar surface area (TPSA) is 41.1 Å². The highest BCUT2D eigenvalue weighted by Crippen LogP contribution is 2.29. The van der Waals surface area contributed by atoms with E-state index in [-0.39, 0.29) is 12.3 Å². The lowest BCUT2D eigenvalue weighted by Crippen LogP contribution is -2.31. The van der Waals surface area contributed by atoms with Gasteiger partial charge < -0.3 is 10.6 Å². The number of hydrogen-bond donors (Lipinski definition) is 2. The van der Waals surface area contributed by atoms with Crippen LogP contribution in [0.3, 0.4) is 0 Å². The quantitative estimate of drug-likeness (QED) is 0.888. The number of halogens is 3. The number of hydrogen-bond acceptors (Lipinski definition) is 2. The van der Waals surface area contributed by atoms with Crippen molar-refractivity contribution in [2.24, 2.45) is 5.92 Å². The maximum Gasteiger partial charge on any atom is 0.416 e. The van der Waals surface area contributed by atoms with Crippen molar-refractivity contribution in [3.05, 3.63) is 35.4 Å².